The molecule has 31 heavy (non-hydrogen) atoms. The molecular weight excluding hydrogens is 404 g/mol. The molecule has 0 aromatic heterocycles. The van der Waals surface area contributed by atoms with Crippen LogP contribution in [-0.2, 0) is 30.3 Å². The number of rotatable bonds is 4. The van der Waals surface area contributed by atoms with Crippen molar-refractivity contribution in [3.05, 3.63) is 35.9 Å². The van der Waals surface area contributed by atoms with Crippen LogP contribution < -0.4 is 0 Å². The van der Waals surface area contributed by atoms with Gasteiger partial charge in [-0.3, -0.25) is 4.90 Å². The highest BCUT2D eigenvalue weighted by atomic mass is 16.6. The van der Waals surface area contributed by atoms with Gasteiger partial charge in [-0.05, 0) is 33.3 Å². The zero-order valence-corrected chi connectivity index (χ0v) is 18.4. The monoisotopic (exact) mass is 434 g/mol. The summed E-state index contributed by atoms with van der Waals surface area (Å²) in [6, 6.07) is 8.88. The highest BCUT2D eigenvalue weighted by molar-refractivity contribution is 5.77. The van der Waals surface area contributed by atoms with Crippen molar-refractivity contribution in [1.29, 1.82) is 0 Å². The third kappa shape index (κ3) is 5.88. The smallest absolute Gasteiger partial charge is 0.410 e. The highest BCUT2D eigenvalue weighted by Gasteiger charge is 2.49. The van der Waals surface area contributed by atoms with E-state index in [1.807, 2.05) is 30.3 Å². The van der Waals surface area contributed by atoms with Crippen LogP contribution in [0.25, 0.3) is 0 Å². The van der Waals surface area contributed by atoms with Gasteiger partial charge in [0.1, 0.15) is 12.2 Å². The number of nitrogens with zero attached hydrogens (tertiary/aromatic N) is 2. The molecule has 0 N–H and O–H groups in total. The van der Waals surface area contributed by atoms with E-state index in [4.69, 9.17) is 18.9 Å². The van der Waals surface area contributed by atoms with Crippen molar-refractivity contribution in [2.24, 2.45) is 0 Å². The molecule has 3 atom stereocenters. The Morgan fingerprint density at radius 3 is 2.39 bits per heavy atom. The van der Waals surface area contributed by atoms with Gasteiger partial charge in [-0.15, -0.1) is 0 Å². The summed E-state index contributed by atoms with van der Waals surface area (Å²) < 4.78 is 21.9. The summed E-state index contributed by atoms with van der Waals surface area (Å²) in [4.78, 5) is 40.7. The number of hydrogen-bond acceptors (Lipinski definition) is 7. The number of hydrogen-bond donors (Lipinski definition) is 0. The van der Waals surface area contributed by atoms with E-state index in [1.54, 1.807) is 27.7 Å². The van der Waals surface area contributed by atoms with Crippen LogP contribution in [0.4, 0.5) is 9.59 Å². The van der Waals surface area contributed by atoms with Crippen molar-refractivity contribution in [3.8, 4) is 0 Å². The van der Waals surface area contributed by atoms with E-state index in [1.165, 1.54) is 9.80 Å². The van der Waals surface area contributed by atoms with Crippen LogP contribution >= 0.6 is 0 Å². The summed E-state index contributed by atoms with van der Waals surface area (Å²) in [6.45, 7) is 7.81. The molecule has 2 amide bonds. The van der Waals surface area contributed by atoms with Crippen molar-refractivity contribution in [2.45, 2.75) is 58.2 Å². The number of fused-ring (bicyclic) bond motifs is 1. The van der Waals surface area contributed by atoms with Crippen LogP contribution in [0.5, 0.6) is 0 Å². The minimum absolute atomic E-state index is 0.00419. The second-order valence-corrected chi connectivity index (χ2v) is 8.56. The van der Waals surface area contributed by atoms with E-state index in [9.17, 15) is 14.4 Å². The average molecular weight is 434 g/mol. The second kappa shape index (κ2) is 9.55. The lowest BCUT2D eigenvalue weighted by atomic mass is 10.1. The van der Waals surface area contributed by atoms with Gasteiger partial charge in [0.2, 0.25) is 0 Å². The standard InChI is InChI=1S/C22H30N2O7/c1-5-28-19(25)18-13-24(21(27)29-14-15-9-7-6-8-10-15)16-11-23(12-17(16)30-18)20(26)31-22(2,3)4/h6-10,16-18H,5,11-14H2,1-4H3/t16-,17-,18-/m1/s1. The molecule has 3 rings (SSSR count). The van der Waals surface area contributed by atoms with Gasteiger partial charge in [0, 0.05) is 6.54 Å². The quantitative estimate of drug-likeness (QED) is 0.531. The molecule has 2 aliphatic heterocycles. The molecular formula is C22H30N2O7. The SMILES string of the molecule is CCOC(=O)[C@H]1CN(C(=O)OCc2ccccc2)[C@@H]2CN(C(=O)OC(C)(C)C)C[C@H]2O1. The lowest BCUT2D eigenvalue weighted by Gasteiger charge is -2.39. The minimum atomic E-state index is -0.941. The van der Waals surface area contributed by atoms with Gasteiger partial charge in [0.25, 0.3) is 0 Å². The normalized spacial score (nSPS) is 23.2. The molecule has 0 spiro atoms. The summed E-state index contributed by atoms with van der Waals surface area (Å²) in [5.74, 6) is -0.544. The molecule has 2 saturated heterocycles. The summed E-state index contributed by atoms with van der Waals surface area (Å²) in [6.07, 6.45) is -2.54. The molecule has 0 radical (unpaired) electrons. The Hall–Kier alpha value is -2.81. The molecule has 0 saturated carbocycles. The molecule has 9 heteroatoms. The summed E-state index contributed by atoms with van der Waals surface area (Å²) in [7, 11) is 0. The minimum Gasteiger partial charge on any atom is -0.464 e. The lowest BCUT2D eigenvalue weighted by Crippen LogP contribution is -2.58. The number of ether oxygens (including phenoxy) is 4. The van der Waals surface area contributed by atoms with Crippen molar-refractivity contribution < 1.29 is 33.3 Å². The summed E-state index contributed by atoms with van der Waals surface area (Å²) in [5.41, 5.74) is 0.206. The zero-order valence-electron chi connectivity index (χ0n) is 18.4. The number of carbonyl (C=O) groups is 3. The molecule has 2 aliphatic rings. The van der Waals surface area contributed by atoms with Crippen LogP contribution in [0.2, 0.25) is 0 Å². The van der Waals surface area contributed by atoms with Gasteiger partial charge in [-0.25, -0.2) is 14.4 Å². The summed E-state index contributed by atoms with van der Waals surface area (Å²) in [5, 5.41) is 0. The van der Waals surface area contributed by atoms with Gasteiger partial charge in [0.15, 0.2) is 6.10 Å². The molecule has 9 nitrogen and oxygen atoms in total. The number of amides is 2. The van der Waals surface area contributed by atoms with Gasteiger partial charge in [-0.1, -0.05) is 30.3 Å². The van der Waals surface area contributed by atoms with Crippen LogP contribution in [0.15, 0.2) is 30.3 Å². The predicted molar refractivity (Wildman–Crippen MR) is 110 cm³/mol. The fourth-order valence-corrected chi connectivity index (χ4v) is 3.61. The maximum Gasteiger partial charge on any atom is 0.410 e. The fourth-order valence-electron chi connectivity index (χ4n) is 3.61. The first-order valence-electron chi connectivity index (χ1n) is 10.4. The van der Waals surface area contributed by atoms with E-state index in [0.29, 0.717) is 0 Å². The van der Waals surface area contributed by atoms with E-state index in [-0.39, 0.29) is 32.8 Å². The maximum absolute atomic E-state index is 12.9. The van der Waals surface area contributed by atoms with E-state index >= 15 is 0 Å². The number of esters is 1. The van der Waals surface area contributed by atoms with Crippen LogP contribution in [0.3, 0.4) is 0 Å². The Morgan fingerprint density at radius 2 is 1.74 bits per heavy atom. The summed E-state index contributed by atoms with van der Waals surface area (Å²) >= 11 is 0. The molecule has 2 fully saturated rings. The van der Waals surface area contributed by atoms with Gasteiger partial charge >= 0.3 is 18.2 Å². The van der Waals surface area contributed by atoms with Crippen LogP contribution in [-0.4, -0.2) is 78.0 Å². The van der Waals surface area contributed by atoms with Crippen molar-refractivity contribution in [3.63, 3.8) is 0 Å². The zero-order chi connectivity index (χ0) is 22.6. The van der Waals surface area contributed by atoms with Crippen LogP contribution in [0.1, 0.15) is 33.3 Å². The molecule has 2 heterocycles. The second-order valence-electron chi connectivity index (χ2n) is 8.56. The number of carbonyl (C=O) groups excluding carboxylic acids is 3. The van der Waals surface area contributed by atoms with E-state index in [2.05, 4.69) is 0 Å². The Kier molecular flexibility index (Phi) is 7.04. The van der Waals surface area contributed by atoms with Crippen molar-refractivity contribution >= 4 is 18.2 Å². The molecule has 0 bridgehead atoms. The average Bonchev–Trinajstić information content (AvgIpc) is 3.15. The van der Waals surface area contributed by atoms with E-state index in [0.717, 1.165) is 5.56 Å². The van der Waals surface area contributed by atoms with Crippen molar-refractivity contribution in [2.75, 3.05) is 26.2 Å². The van der Waals surface area contributed by atoms with E-state index < -0.39 is 42.0 Å². The number of morpholine rings is 1. The van der Waals surface area contributed by atoms with Gasteiger partial charge in [0.05, 0.1) is 31.8 Å². The third-order valence-corrected chi connectivity index (χ3v) is 4.98. The maximum atomic E-state index is 12.9. The number of benzene rings is 1. The molecule has 0 unspecified atom stereocenters. The number of likely N-dealkylation sites (tertiary alicyclic amines) is 1. The van der Waals surface area contributed by atoms with Gasteiger partial charge in [-0.2, -0.15) is 0 Å². The lowest BCUT2D eigenvalue weighted by molar-refractivity contribution is -0.170. The van der Waals surface area contributed by atoms with Gasteiger partial charge < -0.3 is 23.8 Å². The highest BCUT2D eigenvalue weighted by Crippen LogP contribution is 2.28. The first kappa shape index (κ1) is 22.9. The first-order chi connectivity index (χ1) is 14.7. The van der Waals surface area contributed by atoms with Crippen LogP contribution in [0, 0.1) is 0 Å². The molecule has 170 valence electrons. The molecule has 1 aromatic rings. The predicted octanol–water partition coefficient (Wildman–Crippen LogP) is 2.58. The fraction of sp³-hybridized carbons (Fsp3) is 0.591. The third-order valence-electron chi connectivity index (χ3n) is 4.98. The Balaban J connectivity index is 1.72. The van der Waals surface area contributed by atoms with Crippen molar-refractivity contribution in [1.82, 2.24) is 9.80 Å². The Labute approximate surface area is 182 Å². The Bertz CT molecular complexity index is 793. The molecule has 0 aliphatic carbocycles. The topological polar surface area (TPSA) is 94.6 Å². The first-order valence-corrected chi connectivity index (χ1v) is 10.4. The Morgan fingerprint density at radius 1 is 1.03 bits per heavy atom. The largest absolute Gasteiger partial charge is 0.464 e. The molecule has 1 aromatic carbocycles.